The smallest absolute Gasteiger partial charge is 0.224 e. The third-order valence-corrected chi connectivity index (χ3v) is 5.04. The molecule has 1 amide bonds. The number of hydrogen-bond donors (Lipinski definition) is 1. The van der Waals surface area contributed by atoms with E-state index in [4.69, 9.17) is 0 Å². The molecule has 2 heterocycles. The molecular formula is C21H23N3OS. The Morgan fingerprint density at radius 1 is 1.08 bits per heavy atom. The van der Waals surface area contributed by atoms with Crippen molar-refractivity contribution < 1.29 is 4.79 Å². The van der Waals surface area contributed by atoms with E-state index in [2.05, 4.69) is 48.2 Å². The molecule has 0 radical (unpaired) electrons. The van der Waals surface area contributed by atoms with E-state index in [0.29, 0.717) is 12.8 Å². The first-order chi connectivity index (χ1) is 12.4. The van der Waals surface area contributed by atoms with Gasteiger partial charge in [0.15, 0.2) is 0 Å². The lowest BCUT2D eigenvalue weighted by molar-refractivity contribution is -0.116. The standard InChI is InChI=1S/C21H23N3OS/c1-21(2,3)16-4-6-17(7-5-16)23-19(25)8-9-20-24-18(14-26-20)15-10-12-22-13-11-15/h4-7,10-14H,8-9H2,1-3H3,(H,23,25). The van der Waals surface area contributed by atoms with Gasteiger partial charge < -0.3 is 5.32 Å². The van der Waals surface area contributed by atoms with E-state index in [9.17, 15) is 4.79 Å². The molecule has 0 aliphatic carbocycles. The Morgan fingerprint density at radius 3 is 2.42 bits per heavy atom. The lowest BCUT2D eigenvalue weighted by Gasteiger charge is -2.19. The molecule has 134 valence electrons. The number of nitrogens with zero attached hydrogens (tertiary/aromatic N) is 2. The van der Waals surface area contributed by atoms with Crippen LogP contribution in [0.15, 0.2) is 54.2 Å². The van der Waals surface area contributed by atoms with Crippen LogP contribution in [-0.4, -0.2) is 15.9 Å². The first-order valence-electron chi connectivity index (χ1n) is 8.67. The molecule has 3 aromatic rings. The Balaban J connectivity index is 1.54. The van der Waals surface area contributed by atoms with Crippen molar-refractivity contribution in [3.8, 4) is 11.3 Å². The van der Waals surface area contributed by atoms with Gasteiger partial charge in [0.1, 0.15) is 0 Å². The minimum atomic E-state index is 0.00849. The normalized spacial score (nSPS) is 11.3. The van der Waals surface area contributed by atoms with E-state index < -0.39 is 0 Å². The Bertz CT molecular complexity index is 864. The van der Waals surface area contributed by atoms with Crippen LogP contribution in [0.5, 0.6) is 0 Å². The fraction of sp³-hybridized carbons (Fsp3) is 0.286. The zero-order chi connectivity index (χ0) is 18.6. The van der Waals surface area contributed by atoms with Gasteiger partial charge in [0.25, 0.3) is 0 Å². The van der Waals surface area contributed by atoms with Crippen LogP contribution in [0.2, 0.25) is 0 Å². The van der Waals surface area contributed by atoms with E-state index >= 15 is 0 Å². The van der Waals surface area contributed by atoms with Gasteiger partial charge in [-0.3, -0.25) is 9.78 Å². The minimum absolute atomic E-state index is 0.00849. The molecule has 0 bridgehead atoms. The van der Waals surface area contributed by atoms with Crippen molar-refractivity contribution in [1.82, 2.24) is 9.97 Å². The molecule has 0 spiro atoms. The summed E-state index contributed by atoms with van der Waals surface area (Å²) in [5, 5.41) is 5.95. The topological polar surface area (TPSA) is 54.9 Å². The zero-order valence-electron chi connectivity index (χ0n) is 15.3. The SMILES string of the molecule is CC(C)(C)c1ccc(NC(=O)CCc2nc(-c3ccncc3)cs2)cc1. The maximum atomic E-state index is 12.2. The number of aromatic nitrogens is 2. The van der Waals surface area contributed by atoms with E-state index in [1.54, 1.807) is 23.7 Å². The first-order valence-corrected chi connectivity index (χ1v) is 9.55. The molecule has 0 atom stereocenters. The summed E-state index contributed by atoms with van der Waals surface area (Å²) < 4.78 is 0. The largest absolute Gasteiger partial charge is 0.326 e. The second-order valence-corrected chi connectivity index (χ2v) is 8.18. The summed E-state index contributed by atoms with van der Waals surface area (Å²) in [4.78, 5) is 20.8. The summed E-state index contributed by atoms with van der Waals surface area (Å²) in [6.07, 6.45) is 4.57. The van der Waals surface area contributed by atoms with Gasteiger partial charge in [0, 0.05) is 41.9 Å². The second-order valence-electron chi connectivity index (χ2n) is 7.24. The number of hydrogen-bond acceptors (Lipinski definition) is 4. The summed E-state index contributed by atoms with van der Waals surface area (Å²) in [5.41, 5.74) is 4.18. The molecule has 3 rings (SSSR count). The second kappa shape index (κ2) is 7.79. The molecule has 0 aliphatic rings. The molecule has 1 N–H and O–H groups in total. The molecule has 2 aromatic heterocycles. The highest BCUT2D eigenvalue weighted by molar-refractivity contribution is 7.09. The summed E-state index contributed by atoms with van der Waals surface area (Å²) in [6.45, 7) is 6.53. The van der Waals surface area contributed by atoms with E-state index in [-0.39, 0.29) is 11.3 Å². The summed E-state index contributed by atoms with van der Waals surface area (Å²) in [5.74, 6) is 0.00849. The molecule has 1 aromatic carbocycles. The highest BCUT2D eigenvalue weighted by Crippen LogP contribution is 2.24. The van der Waals surface area contributed by atoms with Crippen LogP contribution in [0.25, 0.3) is 11.3 Å². The lowest BCUT2D eigenvalue weighted by Crippen LogP contribution is -2.13. The molecule has 0 unspecified atom stereocenters. The molecular weight excluding hydrogens is 342 g/mol. The van der Waals surface area contributed by atoms with Gasteiger partial charge >= 0.3 is 0 Å². The van der Waals surface area contributed by atoms with Crippen molar-refractivity contribution in [2.75, 3.05) is 5.32 Å². The monoisotopic (exact) mass is 365 g/mol. The van der Waals surface area contributed by atoms with Crippen molar-refractivity contribution in [3.63, 3.8) is 0 Å². The minimum Gasteiger partial charge on any atom is -0.326 e. The molecule has 0 fully saturated rings. The lowest BCUT2D eigenvalue weighted by atomic mass is 9.87. The van der Waals surface area contributed by atoms with Crippen molar-refractivity contribution in [2.45, 2.75) is 39.0 Å². The van der Waals surface area contributed by atoms with Gasteiger partial charge in [-0.2, -0.15) is 0 Å². The predicted molar refractivity (Wildman–Crippen MR) is 107 cm³/mol. The molecule has 0 saturated heterocycles. The third kappa shape index (κ3) is 4.76. The zero-order valence-corrected chi connectivity index (χ0v) is 16.1. The van der Waals surface area contributed by atoms with Crippen molar-refractivity contribution >= 4 is 22.9 Å². The fourth-order valence-electron chi connectivity index (χ4n) is 2.58. The molecule has 0 aliphatic heterocycles. The van der Waals surface area contributed by atoms with Crippen LogP contribution >= 0.6 is 11.3 Å². The maximum absolute atomic E-state index is 12.2. The Kier molecular flexibility index (Phi) is 5.47. The van der Waals surface area contributed by atoms with E-state index in [1.165, 1.54) is 5.56 Å². The number of anilines is 1. The number of nitrogens with one attached hydrogen (secondary N) is 1. The van der Waals surface area contributed by atoms with Crippen LogP contribution in [0.4, 0.5) is 5.69 Å². The van der Waals surface area contributed by atoms with Gasteiger partial charge in [-0.1, -0.05) is 32.9 Å². The maximum Gasteiger partial charge on any atom is 0.224 e. The van der Waals surface area contributed by atoms with Crippen molar-refractivity contribution in [1.29, 1.82) is 0 Å². The summed E-state index contributed by atoms with van der Waals surface area (Å²) in [7, 11) is 0. The predicted octanol–water partition coefficient (Wildman–Crippen LogP) is 5.07. The molecule has 0 saturated carbocycles. The van der Waals surface area contributed by atoms with Crippen LogP contribution in [0, 0.1) is 0 Å². The number of pyridine rings is 1. The number of aryl methyl sites for hydroxylation is 1. The number of carbonyl (C=O) groups excluding carboxylic acids is 1. The average Bonchev–Trinajstić information content (AvgIpc) is 3.09. The first kappa shape index (κ1) is 18.3. The van der Waals surface area contributed by atoms with Gasteiger partial charge in [-0.05, 0) is 35.2 Å². The van der Waals surface area contributed by atoms with E-state index in [0.717, 1.165) is 22.0 Å². The molecule has 5 heteroatoms. The van der Waals surface area contributed by atoms with Crippen LogP contribution in [0.1, 0.15) is 37.8 Å². The summed E-state index contributed by atoms with van der Waals surface area (Å²) >= 11 is 1.59. The van der Waals surface area contributed by atoms with Gasteiger partial charge in [0.05, 0.1) is 10.7 Å². The Hall–Kier alpha value is -2.53. The van der Waals surface area contributed by atoms with Gasteiger partial charge in [0.2, 0.25) is 5.91 Å². The number of thiazole rings is 1. The van der Waals surface area contributed by atoms with Crippen LogP contribution in [-0.2, 0) is 16.6 Å². The van der Waals surface area contributed by atoms with Crippen LogP contribution < -0.4 is 5.32 Å². The van der Waals surface area contributed by atoms with Crippen molar-refractivity contribution in [3.05, 3.63) is 64.7 Å². The fourth-order valence-corrected chi connectivity index (χ4v) is 3.39. The quantitative estimate of drug-likeness (QED) is 0.686. The number of amides is 1. The molecule has 26 heavy (non-hydrogen) atoms. The van der Waals surface area contributed by atoms with Crippen LogP contribution in [0.3, 0.4) is 0 Å². The van der Waals surface area contributed by atoms with Gasteiger partial charge in [-0.25, -0.2) is 4.98 Å². The average molecular weight is 366 g/mol. The van der Waals surface area contributed by atoms with Gasteiger partial charge in [-0.15, -0.1) is 11.3 Å². The van der Waals surface area contributed by atoms with Crippen molar-refractivity contribution in [2.24, 2.45) is 0 Å². The Labute approximate surface area is 158 Å². The number of carbonyl (C=O) groups is 1. The summed E-state index contributed by atoms with van der Waals surface area (Å²) in [6, 6.07) is 11.9. The number of rotatable bonds is 5. The Morgan fingerprint density at radius 2 is 1.77 bits per heavy atom. The highest BCUT2D eigenvalue weighted by atomic mass is 32.1. The molecule has 4 nitrogen and oxygen atoms in total. The van der Waals surface area contributed by atoms with E-state index in [1.807, 2.05) is 29.6 Å². The third-order valence-electron chi connectivity index (χ3n) is 4.13. The number of benzene rings is 1. The highest BCUT2D eigenvalue weighted by Gasteiger charge is 2.13.